The Balaban J connectivity index is 2.17. The quantitative estimate of drug-likeness (QED) is 0.335. The lowest BCUT2D eigenvalue weighted by Crippen LogP contribution is -2.12. The third-order valence-corrected chi connectivity index (χ3v) is 3.90. The summed E-state index contributed by atoms with van der Waals surface area (Å²) < 4.78 is 0. The van der Waals surface area contributed by atoms with Crippen molar-refractivity contribution in [1.82, 2.24) is 15.0 Å². The van der Waals surface area contributed by atoms with Crippen LogP contribution in [0.1, 0.15) is 4.88 Å². The first-order valence-corrected chi connectivity index (χ1v) is 6.92. The molecule has 104 valence electrons. The second kappa shape index (κ2) is 5.68. The minimum atomic E-state index is 0.0292. The minimum absolute atomic E-state index is 0.0292. The van der Waals surface area contributed by atoms with Gasteiger partial charge in [0.15, 0.2) is 5.84 Å². The van der Waals surface area contributed by atoms with E-state index in [2.05, 4.69) is 20.1 Å². The Morgan fingerprint density at radius 3 is 2.67 bits per heavy atom. The van der Waals surface area contributed by atoms with Crippen LogP contribution in [0.15, 0.2) is 54.1 Å². The predicted molar refractivity (Wildman–Crippen MR) is 81.1 cm³/mol. The van der Waals surface area contributed by atoms with Crippen molar-refractivity contribution in [3.05, 3.63) is 53.8 Å². The van der Waals surface area contributed by atoms with Gasteiger partial charge in [-0.1, -0.05) is 35.5 Å². The molecule has 2 heterocycles. The van der Waals surface area contributed by atoms with E-state index in [1.807, 2.05) is 30.3 Å². The summed E-state index contributed by atoms with van der Waals surface area (Å²) in [5, 5.41) is 12.7. The van der Waals surface area contributed by atoms with Gasteiger partial charge >= 0.3 is 0 Å². The fraction of sp³-hybridized carbons (Fsp3) is 0. The molecule has 3 aromatic rings. The van der Waals surface area contributed by atoms with Gasteiger partial charge in [-0.15, -0.1) is 11.3 Å². The summed E-state index contributed by atoms with van der Waals surface area (Å²) in [5.41, 5.74) is 7.97. The van der Waals surface area contributed by atoms with Crippen LogP contribution < -0.4 is 5.73 Å². The fourth-order valence-corrected chi connectivity index (χ4v) is 2.80. The van der Waals surface area contributed by atoms with E-state index in [-0.39, 0.29) is 5.84 Å². The first kappa shape index (κ1) is 13.2. The van der Waals surface area contributed by atoms with E-state index >= 15 is 0 Å². The second-order valence-electron chi connectivity index (χ2n) is 4.14. The molecule has 0 saturated carbocycles. The van der Waals surface area contributed by atoms with Gasteiger partial charge < -0.3 is 10.9 Å². The van der Waals surface area contributed by atoms with Gasteiger partial charge in [-0.3, -0.25) is 9.97 Å². The summed E-state index contributed by atoms with van der Waals surface area (Å²) >= 11 is 1.31. The molecule has 0 amide bonds. The molecule has 2 aromatic heterocycles. The zero-order chi connectivity index (χ0) is 14.7. The zero-order valence-corrected chi connectivity index (χ0v) is 11.7. The van der Waals surface area contributed by atoms with Crippen LogP contribution in [0.2, 0.25) is 0 Å². The standard InChI is InChI=1S/C14H11N5OS/c15-13(19-20)12-11(9-4-2-1-3-5-9)18-14(21-12)10-8-16-6-7-17-10/h1-8,20H,(H2,15,19). The number of thiazole rings is 1. The summed E-state index contributed by atoms with van der Waals surface area (Å²) in [6.07, 6.45) is 4.82. The van der Waals surface area contributed by atoms with E-state index in [0.29, 0.717) is 21.3 Å². The van der Waals surface area contributed by atoms with Gasteiger partial charge in [-0.25, -0.2) is 4.98 Å². The summed E-state index contributed by atoms with van der Waals surface area (Å²) in [7, 11) is 0. The minimum Gasteiger partial charge on any atom is -0.409 e. The van der Waals surface area contributed by atoms with Crippen molar-refractivity contribution in [3.8, 4) is 22.0 Å². The number of rotatable bonds is 3. The van der Waals surface area contributed by atoms with Crippen LogP contribution in [-0.2, 0) is 0 Å². The lowest BCUT2D eigenvalue weighted by atomic mass is 10.1. The van der Waals surface area contributed by atoms with Crippen LogP contribution in [0.3, 0.4) is 0 Å². The molecular formula is C14H11N5OS. The number of oxime groups is 1. The first-order valence-electron chi connectivity index (χ1n) is 6.10. The van der Waals surface area contributed by atoms with E-state index in [9.17, 15) is 0 Å². The SMILES string of the molecule is N/C(=N/O)c1sc(-c2cnccn2)nc1-c1ccccc1. The lowest BCUT2D eigenvalue weighted by molar-refractivity contribution is 0.319. The third-order valence-electron chi connectivity index (χ3n) is 2.80. The normalized spacial score (nSPS) is 11.5. The number of nitrogens with zero attached hydrogens (tertiary/aromatic N) is 4. The molecule has 0 unspecified atom stereocenters. The molecule has 3 rings (SSSR count). The Bertz CT molecular complexity index is 771. The highest BCUT2D eigenvalue weighted by Crippen LogP contribution is 2.32. The molecule has 0 atom stereocenters. The van der Waals surface area contributed by atoms with E-state index < -0.39 is 0 Å². The van der Waals surface area contributed by atoms with Gasteiger partial charge in [0.05, 0.1) is 11.9 Å². The van der Waals surface area contributed by atoms with Crippen molar-refractivity contribution < 1.29 is 5.21 Å². The maximum Gasteiger partial charge on any atom is 0.182 e. The molecule has 7 heteroatoms. The van der Waals surface area contributed by atoms with Crippen LogP contribution in [0.5, 0.6) is 0 Å². The molecule has 0 aliphatic carbocycles. The number of hydrogen-bond donors (Lipinski definition) is 2. The number of nitrogens with two attached hydrogens (primary N) is 1. The molecule has 1 aromatic carbocycles. The smallest absolute Gasteiger partial charge is 0.182 e. The average molecular weight is 297 g/mol. The van der Waals surface area contributed by atoms with E-state index in [1.54, 1.807) is 18.6 Å². The Morgan fingerprint density at radius 1 is 1.19 bits per heavy atom. The van der Waals surface area contributed by atoms with Gasteiger partial charge in [0.1, 0.15) is 15.6 Å². The van der Waals surface area contributed by atoms with Crippen LogP contribution >= 0.6 is 11.3 Å². The molecule has 0 saturated heterocycles. The molecule has 0 bridgehead atoms. The first-order chi connectivity index (χ1) is 10.3. The monoisotopic (exact) mass is 297 g/mol. The Labute approximate surface area is 124 Å². The number of aromatic nitrogens is 3. The molecule has 0 aliphatic heterocycles. The van der Waals surface area contributed by atoms with E-state index in [1.165, 1.54) is 11.3 Å². The highest BCUT2D eigenvalue weighted by molar-refractivity contribution is 7.17. The summed E-state index contributed by atoms with van der Waals surface area (Å²) in [6, 6.07) is 9.58. The van der Waals surface area contributed by atoms with Crippen molar-refractivity contribution in [2.24, 2.45) is 10.9 Å². The summed E-state index contributed by atoms with van der Waals surface area (Å²) in [5.74, 6) is 0.0292. The molecule has 0 spiro atoms. The van der Waals surface area contributed by atoms with Gasteiger partial charge in [0.2, 0.25) is 0 Å². The molecular weight excluding hydrogens is 286 g/mol. The molecule has 3 N–H and O–H groups in total. The fourth-order valence-electron chi connectivity index (χ4n) is 1.85. The molecule has 6 nitrogen and oxygen atoms in total. The van der Waals surface area contributed by atoms with Crippen LogP contribution in [0.25, 0.3) is 22.0 Å². The predicted octanol–water partition coefficient (Wildman–Crippen LogP) is 2.36. The van der Waals surface area contributed by atoms with Crippen molar-refractivity contribution in [1.29, 1.82) is 0 Å². The largest absolute Gasteiger partial charge is 0.409 e. The van der Waals surface area contributed by atoms with Gasteiger partial charge in [0.25, 0.3) is 0 Å². The summed E-state index contributed by atoms with van der Waals surface area (Å²) in [4.78, 5) is 13.4. The van der Waals surface area contributed by atoms with Gasteiger partial charge in [-0.2, -0.15) is 0 Å². The highest BCUT2D eigenvalue weighted by Gasteiger charge is 2.18. The van der Waals surface area contributed by atoms with Crippen LogP contribution in [0, 0.1) is 0 Å². The van der Waals surface area contributed by atoms with Gasteiger partial charge in [0, 0.05) is 18.0 Å². The average Bonchev–Trinajstić information content (AvgIpc) is 3.01. The van der Waals surface area contributed by atoms with E-state index in [4.69, 9.17) is 10.9 Å². The maximum atomic E-state index is 8.95. The topological polar surface area (TPSA) is 97.3 Å². The highest BCUT2D eigenvalue weighted by atomic mass is 32.1. The zero-order valence-electron chi connectivity index (χ0n) is 10.8. The third kappa shape index (κ3) is 2.59. The molecule has 0 aliphatic rings. The number of hydrogen-bond acceptors (Lipinski definition) is 6. The van der Waals surface area contributed by atoms with Crippen molar-refractivity contribution in [2.45, 2.75) is 0 Å². The van der Waals surface area contributed by atoms with Crippen LogP contribution in [-0.4, -0.2) is 26.0 Å². The van der Waals surface area contributed by atoms with Crippen molar-refractivity contribution in [3.63, 3.8) is 0 Å². The molecule has 0 fully saturated rings. The Morgan fingerprint density at radius 2 is 2.00 bits per heavy atom. The summed E-state index contributed by atoms with van der Waals surface area (Å²) in [6.45, 7) is 0. The Hall–Kier alpha value is -2.80. The number of amidine groups is 1. The Kier molecular flexibility index (Phi) is 3.57. The number of benzene rings is 1. The van der Waals surface area contributed by atoms with Crippen LogP contribution in [0.4, 0.5) is 0 Å². The molecule has 21 heavy (non-hydrogen) atoms. The lowest BCUT2D eigenvalue weighted by Gasteiger charge is -1.99. The second-order valence-corrected chi connectivity index (χ2v) is 5.14. The molecule has 0 radical (unpaired) electrons. The maximum absolute atomic E-state index is 8.95. The van der Waals surface area contributed by atoms with Crippen molar-refractivity contribution >= 4 is 17.2 Å². The van der Waals surface area contributed by atoms with Gasteiger partial charge in [-0.05, 0) is 0 Å². The van der Waals surface area contributed by atoms with E-state index in [0.717, 1.165) is 5.56 Å². The van der Waals surface area contributed by atoms with Crippen molar-refractivity contribution in [2.75, 3.05) is 0 Å².